The first-order chi connectivity index (χ1) is 11.5. The molecule has 0 N–H and O–H groups in total. The van der Waals surface area contributed by atoms with Gasteiger partial charge >= 0.3 is 0 Å². The summed E-state index contributed by atoms with van der Waals surface area (Å²) in [5.74, 6) is 0.258. The molecule has 2 aromatic rings. The molecule has 5 heteroatoms. The third kappa shape index (κ3) is 4.44. The normalized spacial score (nSPS) is 18.8. The molecule has 0 saturated carbocycles. The highest BCUT2D eigenvalue weighted by Gasteiger charge is 2.25. The SMILES string of the molecule is Cc1ccc(S(=O)(=O)OC[C@@H]2CCN(Cc3ccccc3)C2)cc1. The van der Waals surface area contributed by atoms with Crippen molar-refractivity contribution in [3.05, 3.63) is 65.7 Å². The van der Waals surface area contributed by atoms with Crippen LogP contribution < -0.4 is 0 Å². The van der Waals surface area contributed by atoms with E-state index >= 15 is 0 Å². The number of rotatable bonds is 6. The van der Waals surface area contributed by atoms with E-state index in [4.69, 9.17) is 4.18 Å². The largest absolute Gasteiger partial charge is 0.299 e. The van der Waals surface area contributed by atoms with Gasteiger partial charge in [-0.1, -0.05) is 48.0 Å². The summed E-state index contributed by atoms with van der Waals surface area (Å²) in [6, 6.07) is 17.1. The summed E-state index contributed by atoms with van der Waals surface area (Å²) in [6.45, 7) is 4.94. The lowest BCUT2D eigenvalue weighted by molar-refractivity contribution is 0.243. The summed E-state index contributed by atoms with van der Waals surface area (Å²) in [4.78, 5) is 2.58. The summed E-state index contributed by atoms with van der Waals surface area (Å²) in [6.07, 6.45) is 0.969. The molecule has 128 valence electrons. The Hall–Kier alpha value is -1.69. The van der Waals surface area contributed by atoms with Crippen LogP contribution in [0.1, 0.15) is 17.5 Å². The van der Waals surface area contributed by atoms with Crippen molar-refractivity contribution in [2.75, 3.05) is 19.7 Å². The van der Waals surface area contributed by atoms with Crippen molar-refractivity contribution in [3.8, 4) is 0 Å². The second kappa shape index (κ2) is 7.47. The van der Waals surface area contributed by atoms with Gasteiger partial charge in [-0.05, 0) is 43.5 Å². The van der Waals surface area contributed by atoms with Crippen LogP contribution >= 0.6 is 0 Å². The summed E-state index contributed by atoms with van der Waals surface area (Å²) < 4.78 is 29.8. The van der Waals surface area contributed by atoms with Crippen LogP contribution in [0.2, 0.25) is 0 Å². The molecule has 24 heavy (non-hydrogen) atoms. The maximum absolute atomic E-state index is 12.2. The molecule has 1 aliphatic heterocycles. The molecule has 1 aliphatic rings. The van der Waals surface area contributed by atoms with Crippen LogP contribution in [0.25, 0.3) is 0 Å². The van der Waals surface area contributed by atoms with Crippen LogP contribution in [0, 0.1) is 12.8 Å². The maximum Gasteiger partial charge on any atom is 0.296 e. The predicted octanol–water partition coefficient (Wildman–Crippen LogP) is 3.22. The van der Waals surface area contributed by atoms with Crippen molar-refractivity contribution in [1.82, 2.24) is 4.90 Å². The molecule has 3 rings (SSSR count). The number of aryl methyl sites for hydroxylation is 1. The third-order valence-corrected chi connectivity index (χ3v) is 5.68. The zero-order valence-electron chi connectivity index (χ0n) is 13.9. The Morgan fingerprint density at radius 1 is 1.08 bits per heavy atom. The molecule has 2 aromatic carbocycles. The number of hydrogen-bond donors (Lipinski definition) is 0. The number of nitrogens with zero attached hydrogens (tertiary/aromatic N) is 1. The molecular formula is C19H23NO3S. The van der Waals surface area contributed by atoms with E-state index in [1.54, 1.807) is 24.3 Å². The lowest BCUT2D eigenvalue weighted by Gasteiger charge is -2.16. The highest BCUT2D eigenvalue weighted by atomic mass is 32.2. The minimum Gasteiger partial charge on any atom is -0.299 e. The standard InChI is InChI=1S/C19H23NO3S/c1-16-7-9-19(10-8-16)24(21,22)23-15-18-11-12-20(14-18)13-17-5-3-2-4-6-17/h2-10,18H,11-15H2,1H3/t18-/m1/s1. The van der Waals surface area contributed by atoms with Crippen molar-refractivity contribution in [1.29, 1.82) is 0 Å². The molecule has 0 spiro atoms. The van der Waals surface area contributed by atoms with Gasteiger partial charge in [0.25, 0.3) is 10.1 Å². The first kappa shape index (κ1) is 17.1. The topological polar surface area (TPSA) is 46.6 Å². The van der Waals surface area contributed by atoms with Crippen molar-refractivity contribution >= 4 is 10.1 Å². The first-order valence-corrected chi connectivity index (χ1v) is 9.66. The molecule has 0 bridgehead atoms. The fraction of sp³-hybridized carbons (Fsp3) is 0.368. The molecule has 1 heterocycles. The van der Waals surface area contributed by atoms with E-state index in [0.29, 0.717) is 0 Å². The Labute approximate surface area is 144 Å². The second-order valence-corrected chi connectivity index (χ2v) is 8.04. The summed E-state index contributed by atoms with van der Waals surface area (Å²) in [5.41, 5.74) is 2.31. The fourth-order valence-corrected chi connectivity index (χ4v) is 3.97. The van der Waals surface area contributed by atoms with E-state index in [2.05, 4.69) is 17.0 Å². The van der Waals surface area contributed by atoms with Crippen LogP contribution in [0.15, 0.2) is 59.5 Å². The zero-order valence-corrected chi connectivity index (χ0v) is 14.7. The van der Waals surface area contributed by atoms with Crippen molar-refractivity contribution in [2.24, 2.45) is 5.92 Å². The lowest BCUT2D eigenvalue weighted by Crippen LogP contribution is -2.22. The van der Waals surface area contributed by atoms with E-state index in [9.17, 15) is 8.42 Å². The van der Waals surface area contributed by atoms with Gasteiger partial charge in [0, 0.05) is 13.1 Å². The zero-order chi connectivity index (χ0) is 17.0. The van der Waals surface area contributed by atoms with Gasteiger partial charge in [-0.25, -0.2) is 0 Å². The molecule has 0 radical (unpaired) electrons. The van der Waals surface area contributed by atoms with E-state index in [1.165, 1.54) is 5.56 Å². The van der Waals surface area contributed by atoms with Crippen LogP contribution in [-0.4, -0.2) is 33.0 Å². The van der Waals surface area contributed by atoms with E-state index in [0.717, 1.165) is 31.6 Å². The smallest absolute Gasteiger partial charge is 0.296 e. The molecule has 1 fully saturated rings. The van der Waals surface area contributed by atoms with Crippen molar-refractivity contribution in [3.63, 3.8) is 0 Å². The molecule has 4 nitrogen and oxygen atoms in total. The van der Waals surface area contributed by atoms with Gasteiger partial charge in [-0.15, -0.1) is 0 Å². The fourth-order valence-electron chi connectivity index (χ4n) is 2.99. The monoisotopic (exact) mass is 345 g/mol. The molecule has 1 saturated heterocycles. The number of benzene rings is 2. The van der Waals surface area contributed by atoms with Gasteiger partial charge < -0.3 is 0 Å². The summed E-state index contributed by atoms with van der Waals surface area (Å²) in [5, 5.41) is 0. The van der Waals surface area contributed by atoms with Crippen molar-refractivity contribution < 1.29 is 12.6 Å². The van der Waals surface area contributed by atoms with E-state index in [-0.39, 0.29) is 17.4 Å². The second-order valence-electron chi connectivity index (χ2n) is 6.43. The van der Waals surface area contributed by atoms with Crippen LogP contribution in [0.3, 0.4) is 0 Å². The minimum absolute atomic E-state index is 0.229. The highest BCUT2D eigenvalue weighted by Crippen LogP contribution is 2.21. The predicted molar refractivity (Wildman–Crippen MR) is 94.1 cm³/mol. The Kier molecular flexibility index (Phi) is 5.33. The Balaban J connectivity index is 1.51. The van der Waals surface area contributed by atoms with Gasteiger partial charge in [0.1, 0.15) is 0 Å². The molecular weight excluding hydrogens is 322 g/mol. The van der Waals surface area contributed by atoms with Gasteiger partial charge in [0.05, 0.1) is 11.5 Å². The van der Waals surface area contributed by atoms with Crippen LogP contribution in [0.5, 0.6) is 0 Å². The molecule has 0 aliphatic carbocycles. The van der Waals surface area contributed by atoms with Gasteiger partial charge in [0.2, 0.25) is 0 Å². The average molecular weight is 345 g/mol. The van der Waals surface area contributed by atoms with Crippen LogP contribution in [-0.2, 0) is 20.8 Å². The quantitative estimate of drug-likeness (QED) is 0.754. The average Bonchev–Trinajstić information content (AvgIpc) is 3.02. The number of hydrogen-bond acceptors (Lipinski definition) is 4. The van der Waals surface area contributed by atoms with Crippen LogP contribution in [0.4, 0.5) is 0 Å². The molecule has 1 atom stereocenters. The van der Waals surface area contributed by atoms with Gasteiger partial charge in [0.15, 0.2) is 0 Å². The highest BCUT2D eigenvalue weighted by molar-refractivity contribution is 7.86. The van der Waals surface area contributed by atoms with E-state index in [1.807, 2.05) is 25.1 Å². The number of likely N-dealkylation sites (tertiary alicyclic amines) is 1. The minimum atomic E-state index is -3.66. The summed E-state index contributed by atoms with van der Waals surface area (Å²) in [7, 11) is -3.66. The maximum atomic E-state index is 12.2. The molecule has 0 unspecified atom stereocenters. The van der Waals surface area contributed by atoms with Gasteiger partial charge in [-0.3, -0.25) is 9.08 Å². The first-order valence-electron chi connectivity index (χ1n) is 8.25. The van der Waals surface area contributed by atoms with E-state index < -0.39 is 10.1 Å². The summed E-state index contributed by atoms with van der Waals surface area (Å²) >= 11 is 0. The lowest BCUT2D eigenvalue weighted by atomic mass is 10.1. The van der Waals surface area contributed by atoms with Gasteiger partial charge in [-0.2, -0.15) is 8.42 Å². The molecule has 0 aromatic heterocycles. The van der Waals surface area contributed by atoms with Crippen molar-refractivity contribution in [2.45, 2.75) is 24.8 Å². The Bertz CT molecular complexity index is 757. The molecule has 0 amide bonds. The Morgan fingerprint density at radius 2 is 1.79 bits per heavy atom. The third-order valence-electron chi connectivity index (χ3n) is 4.39. The Morgan fingerprint density at radius 3 is 2.50 bits per heavy atom.